The molecule has 1 aromatic heterocycles. The Morgan fingerprint density at radius 2 is 2.20 bits per heavy atom. The second kappa shape index (κ2) is 3.92. The SMILES string of the molecule is COC(=O)Cn1nc(C(F)(F)F)cc1C. The summed E-state index contributed by atoms with van der Waals surface area (Å²) < 4.78 is 41.9. The second-order valence-electron chi connectivity index (χ2n) is 2.90. The Bertz CT molecular complexity index is 370. The second-order valence-corrected chi connectivity index (χ2v) is 2.90. The molecule has 0 saturated carbocycles. The molecule has 1 heterocycles. The molecule has 84 valence electrons. The maximum Gasteiger partial charge on any atom is 0.435 e. The number of alkyl halides is 3. The number of carbonyl (C=O) groups excluding carboxylic acids is 1. The maximum absolute atomic E-state index is 12.2. The quantitative estimate of drug-likeness (QED) is 0.710. The van der Waals surface area contributed by atoms with Crippen molar-refractivity contribution in [3.63, 3.8) is 0 Å². The molecule has 0 fully saturated rings. The highest BCUT2D eigenvalue weighted by molar-refractivity contribution is 5.68. The summed E-state index contributed by atoms with van der Waals surface area (Å²) in [7, 11) is 1.16. The highest BCUT2D eigenvalue weighted by Crippen LogP contribution is 2.28. The largest absolute Gasteiger partial charge is 0.468 e. The van der Waals surface area contributed by atoms with E-state index in [0.29, 0.717) is 0 Å². The fourth-order valence-corrected chi connectivity index (χ4v) is 0.996. The monoisotopic (exact) mass is 222 g/mol. The zero-order valence-corrected chi connectivity index (χ0v) is 8.13. The smallest absolute Gasteiger partial charge is 0.435 e. The predicted molar refractivity (Wildman–Crippen MR) is 44.0 cm³/mol. The average molecular weight is 222 g/mol. The van der Waals surface area contributed by atoms with Crippen molar-refractivity contribution in [2.24, 2.45) is 0 Å². The normalized spacial score (nSPS) is 11.5. The number of aryl methyl sites for hydroxylation is 1. The van der Waals surface area contributed by atoms with Crippen LogP contribution in [-0.2, 0) is 22.3 Å². The molecule has 0 saturated heterocycles. The standard InChI is InChI=1S/C8H9F3N2O2/c1-5-3-6(8(9,10)11)12-13(5)4-7(14)15-2/h3H,4H2,1-2H3. The molecule has 0 amide bonds. The van der Waals surface area contributed by atoms with Gasteiger partial charge in [-0.25, -0.2) is 0 Å². The van der Waals surface area contributed by atoms with Gasteiger partial charge in [0.15, 0.2) is 5.69 Å². The molecule has 7 heteroatoms. The van der Waals surface area contributed by atoms with Gasteiger partial charge in [-0.05, 0) is 13.0 Å². The summed E-state index contributed by atoms with van der Waals surface area (Å²) in [6, 6.07) is 0.878. The zero-order chi connectivity index (χ0) is 11.6. The van der Waals surface area contributed by atoms with Crippen LogP contribution in [0.5, 0.6) is 0 Å². The summed E-state index contributed by atoms with van der Waals surface area (Å²) in [6.07, 6.45) is -4.49. The third kappa shape index (κ3) is 2.71. The number of carbonyl (C=O) groups is 1. The number of esters is 1. The third-order valence-electron chi connectivity index (χ3n) is 1.78. The van der Waals surface area contributed by atoms with Crippen LogP contribution >= 0.6 is 0 Å². The Morgan fingerprint density at radius 1 is 1.60 bits per heavy atom. The molecule has 0 aliphatic heterocycles. The van der Waals surface area contributed by atoms with Crippen LogP contribution in [0.15, 0.2) is 6.07 Å². The van der Waals surface area contributed by atoms with Crippen LogP contribution in [0.3, 0.4) is 0 Å². The first-order valence-corrected chi connectivity index (χ1v) is 4.03. The van der Waals surface area contributed by atoms with Crippen LogP contribution in [0.2, 0.25) is 0 Å². The third-order valence-corrected chi connectivity index (χ3v) is 1.78. The van der Waals surface area contributed by atoms with E-state index in [2.05, 4.69) is 9.84 Å². The van der Waals surface area contributed by atoms with E-state index in [4.69, 9.17) is 0 Å². The number of rotatable bonds is 2. The van der Waals surface area contributed by atoms with Crippen LogP contribution in [0.1, 0.15) is 11.4 Å². The van der Waals surface area contributed by atoms with Gasteiger partial charge in [0.25, 0.3) is 0 Å². The molecule has 4 nitrogen and oxygen atoms in total. The minimum Gasteiger partial charge on any atom is -0.468 e. The lowest BCUT2D eigenvalue weighted by Gasteiger charge is -2.02. The number of hydrogen-bond donors (Lipinski definition) is 0. The lowest BCUT2D eigenvalue weighted by Crippen LogP contribution is -2.15. The van der Waals surface area contributed by atoms with Crippen molar-refractivity contribution in [2.45, 2.75) is 19.6 Å². The van der Waals surface area contributed by atoms with E-state index in [0.717, 1.165) is 17.9 Å². The Morgan fingerprint density at radius 3 is 2.60 bits per heavy atom. The zero-order valence-electron chi connectivity index (χ0n) is 8.13. The minimum absolute atomic E-state index is 0.257. The number of halogens is 3. The molecule has 0 aromatic carbocycles. The van der Waals surface area contributed by atoms with E-state index < -0.39 is 17.8 Å². The van der Waals surface area contributed by atoms with Crippen LogP contribution in [0.4, 0.5) is 13.2 Å². The van der Waals surface area contributed by atoms with Gasteiger partial charge >= 0.3 is 12.1 Å². The molecule has 0 unspecified atom stereocenters. The summed E-state index contributed by atoms with van der Waals surface area (Å²) in [5.41, 5.74) is -0.753. The molecule has 0 spiro atoms. The molecule has 0 aliphatic rings. The minimum atomic E-state index is -4.49. The van der Waals surface area contributed by atoms with Crippen molar-refractivity contribution >= 4 is 5.97 Å². The van der Waals surface area contributed by atoms with Gasteiger partial charge in [0.05, 0.1) is 7.11 Å². The number of ether oxygens (including phenoxy) is 1. The van der Waals surface area contributed by atoms with E-state index in [-0.39, 0.29) is 12.2 Å². The van der Waals surface area contributed by atoms with Crippen LogP contribution in [-0.4, -0.2) is 22.9 Å². The van der Waals surface area contributed by atoms with Crippen molar-refractivity contribution in [2.75, 3.05) is 7.11 Å². The van der Waals surface area contributed by atoms with Gasteiger partial charge < -0.3 is 4.74 Å². The summed E-state index contributed by atoms with van der Waals surface area (Å²) in [5.74, 6) is -0.644. The van der Waals surface area contributed by atoms with E-state index >= 15 is 0 Å². The average Bonchev–Trinajstić information content (AvgIpc) is 2.47. The molecule has 0 bridgehead atoms. The lowest BCUT2D eigenvalue weighted by molar-refractivity contribution is -0.144. The first-order chi connectivity index (χ1) is 6.84. The van der Waals surface area contributed by atoms with Crippen molar-refractivity contribution in [3.8, 4) is 0 Å². The molecule has 1 rings (SSSR count). The highest BCUT2D eigenvalue weighted by Gasteiger charge is 2.34. The Labute approximate surface area is 83.6 Å². The van der Waals surface area contributed by atoms with E-state index in [9.17, 15) is 18.0 Å². The molecular weight excluding hydrogens is 213 g/mol. The van der Waals surface area contributed by atoms with E-state index in [1.807, 2.05) is 0 Å². The molecule has 1 aromatic rings. The number of methoxy groups -OCH3 is 1. The number of nitrogens with zero attached hydrogens (tertiary/aromatic N) is 2. The maximum atomic E-state index is 12.2. The summed E-state index contributed by atoms with van der Waals surface area (Å²) >= 11 is 0. The number of aromatic nitrogens is 2. The van der Waals surface area contributed by atoms with E-state index in [1.54, 1.807) is 0 Å². The van der Waals surface area contributed by atoms with Gasteiger partial charge in [-0.15, -0.1) is 0 Å². The Hall–Kier alpha value is -1.53. The first-order valence-electron chi connectivity index (χ1n) is 4.03. The molecule has 0 aliphatic carbocycles. The highest BCUT2D eigenvalue weighted by atomic mass is 19.4. The van der Waals surface area contributed by atoms with Gasteiger partial charge in [-0.2, -0.15) is 18.3 Å². The van der Waals surface area contributed by atoms with Gasteiger partial charge in [0.2, 0.25) is 0 Å². The Balaban J connectivity index is 2.92. The lowest BCUT2D eigenvalue weighted by atomic mass is 10.4. The molecule has 15 heavy (non-hydrogen) atoms. The van der Waals surface area contributed by atoms with Gasteiger partial charge in [0.1, 0.15) is 6.54 Å². The van der Waals surface area contributed by atoms with Crippen LogP contribution in [0.25, 0.3) is 0 Å². The van der Waals surface area contributed by atoms with Crippen molar-refractivity contribution in [1.29, 1.82) is 0 Å². The molecule has 0 atom stereocenters. The van der Waals surface area contributed by atoms with Gasteiger partial charge in [-0.3, -0.25) is 9.48 Å². The molecule has 0 radical (unpaired) electrons. The first kappa shape index (κ1) is 11.5. The predicted octanol–water partition coefficient (Wildman–Crippen LogP) is 1.38. The summed E-state index contributed by atoms with van der Waals surface area (Å²) in [6.45, 7) is 1.11. The fraction of sp³-hybridized carbons (Fsp3) is 0.500. The Kier molecular flexibility index (Phi) is 3.01. The number of hydrogen-bond acceptors (Lipinski definition) is 3. The molecule has 0 N–H and O–H groups in total. The molecular formula is C8H9F3N2O2. The van der Waals surface area contributed by atoms with Gasteiger partial charge in [-0.1, -0.05) is 0 Å². The fourth-order valence-electron chi connectivity index (χ4n) is 0.996. The van der Waals surface area contributed by atoms with Gasteiger partial charge in [0, 0.05) is 5.69 Å². The van der Waals surface area contributed by atoms with Crippen LogP contribution < -0.4 is 0 Å². The van der Waals surface area contributed by atoms with E-state index in [1.165, 1.54) is 6.92 Å². The van der Waals surface area contributed by atoms with Crippen molar-refractivity contribution in [3.05, 3.63) is 17.5 Å². The van der Waals surface area contributed by atoms with Crippen molar-refractivity contribution in [1.82, 2.24) is 9.78 Å². The summed E-state index contributed by atoms with van der Waals surface area (Å²) in [5, 5.41) is 3.26. The van der Waals surface area contributed by atoms with Crippen LogP contribution in [0, 0.1) is 6.92 Å². The topological polar surface area (TPSA) is 44.1 Å². The summed E-state index contributed by atoms with van der Waals surface area (Å²) in [4.78, 5) is 10.8. The van der Waals surface area contributed by atoms with Crippen molar-refractivity contribution < 1.29 is 22.7 Å².